The molecule has 4 rings (SSSR count). The number of nitrogens with zero attached hydrogens (tertiary/aromatic N) is 3. The van der Waals surface area contributed by atoms with E-state index in [2.05, 4.69) is 29.2 Å². The van der Waals surface area contributed by atoms with Crippen LogP contribution in [0.5, 0.6) is 5.75 Å². The van der Waals surface area contributed by atoms with Crippen molar-refractivity contribution in [2.45, 2.75) is 33.1 Å². The predicted molar refractivity (Wildman–Crippen MR) is 142 cm³/mol. The van der Waals surface area contributed by atoms with Crippen molar-refractivity contribution in [2.75, 3.05) is 12.4 Å². The van der Waals surface area contributed by atoms with Crippen LogP contribution in [0.25, 0.3) is 17.1 Å². The van der Waals surface area contributed by atoms with E-state index < -0.39 is 5.91 Å². The number of carbonyl (C=O) groups excluding carboxylic acids is 1. The normalized spacial score (nSPS) is 11.5. The second-order valence-corrected chi connectivity index (χ2v) is 8.95. The summed E-state index contributed by atoms with van der Waals surface area (Å²) in [6.45, 7) is 6.20. The fourth-order valence-corrected chi connectivity index (χ4v) is 3.89. The van der Waals surface area contributed by atoms with Gasteiger partial charge in [0.25, 0.3) is 5.91 Å². The molecular weight excluding hydrogens is 452 g/mol. The fourth-order valence-electron chi connectivity index (χ4n) is 3.89. The zero-order chi connectivity index (χ0) is 25.7. The van der Waals surface area contributed by atoms with Crippen molar-refractivity contribution in [1.82, 2.24) is 14.8 Å². The summed E-state index contributed by atoms with van der Waals surface area (Å²) in [4.78, 5) is 16.9. The first-order valence-electron chi connectivity index (χ1n) is 11.8. The molecule has 0 aliphatic rings. The molecule has 1 aromatic heterocycles. The Bertz CT molecular complexity index is 1370. The van der Waals surface area contributed by atoms with Gasteiger partial charge in [0.2, 0.25) is 0 Å². The van der Waals surface area contributed by atoms with Crippen LogP contribution in [0, 0.1) is 6.92 Å². The minimum atomic E-state index is -0.401. The smallest absolute Gasteiger partial charge is 0.251 e. The quantitative estimate of drug-likeness (QED) is 0.238. The van der Waals surface area contributed by atoms with E-state index in [1.54, 1.807) is 30.3 Å². The summed E-state index contributed by atoms with van der Waals surface area (Å²) in [7, 11) is 1.63. The van der Waals surface area contributed by atoms with E-state index in [1.807, 2.05) is 61.5 Å². The van der Waals surface area contributed by atoms with Crippen LogP contribution >= 0.6 is 0 Å². The maximum Gasteiger partial charge on any atom is 0.251 e. The van der Waals surface area contributed by atoms with Crippen molar-refractivity contribution < 1.29 is 14.6 Å². The molecule has 3 aromatic carbocycles. The number of hydrogen-bond acceptors (Lipinski definition) is 5. The lowest BCUT2D eigenvalue weighted by atomic mass is 9.94. The van der Waals surface area contributed by atoms with Gasteiger partial charge in [0.05, 0.1) is 12.8 Å². The Hall–Kier alpha value is -4.39. The third-order valence-corrected chi connectivity index (χ3v) is 5.85. The molecule has 2 N–H and O–H groups in total. The molecule has 0 unspecified atom stereocenters. The van der Waals surface area contributed by atoms with E-state index in [9.17, 15) is 9.90 Å². The maximum atomic E-state index is 12.5. The van der Waals surface area contributed by atoms with Crippen LogP contribution in [0.3, 0.4) is 0 Å². The number of carbonyl (C=O) groups is 1. The molecule has 0 spiro atoms. The van der Waals surface area contributed by atoms with E-state index in [0.29, 0.717) is 11.5 Å². The highest BCUT2D eigenvalue weighted by molar-refractivity contribution is 5.99. The molecule has 1 heterocycles. The molecule has 0 saturated carbocycles. The minimum Gasteiger partial charge on any atom is -0.512 e. The summed E-state index contributed by atoms with van der Waals surface area (Å²) in [6.07, 6.45) is 3.16. The van der Waals surface area contributed by atoms with Gasteiger partial charge in [-0.05, 0) is 72.5 Å². The molecule has 7 heteroatoms. The lowest BCUT2D eigenvalue weighted by Gasteiger charge is -2.14. The van der Waals surface area contributed by atoms with Crippen LogP contribution in [0.1, 0.15) is 36.5 Å². The number of aryl methyl sites for hydroxylation is 1. The highest BCUT2D eigenvalue weighted by atomic mass is 16.5. The van der Waals surface area contributed by atoms with Gasteiger partial charge in [-0.15, -0.1) is 5.10 Å². The van der Waals surface area contributed by atoms with Crippen molar-refractivity contribution in [2.24, 2.45) is 0 Å². The minimum absolute atomic E-state index is 0.0120. The fraction of sp³-hybridized carbons (Fsp3) is 0.207. The Kier molecular flexibility index (Phi) is 7.49. The zero-order valence-electron chi connectivity index (χ0n) is 20.9. The summed E-state index contributed by atoms with van der Waals surface area (Å²) in [5, 5.41) is 17.8. The third-order valence-electron chi connectivity index (χ3n) is 5.85. The molecule has 0 bridgehead atoms. The Morgan fingerprint density at radius 3 is 2.47 bits per heavy atom. The lowest BCUT2D eigenvalue weighted by Crippen LogP contribution is -2.10. The van der Waals surface area contributed by atoms with Gasteiger partial charge in [0.1, 0.15) is 17.8 Å². The van der Waals surface area contributed by atoms with Crippen LogP contribution in [0.4, 0.5) is 5.69 Å². The maximum absolute atomic E-state index is 12.5. The zero-order valence-corrected chi connectivity index (χ0v) is 20.9. The van der Waals surface area contributed by atoms with Crippen LogP contribution in [0.2, 0.25) is 0 Å². The molecule has 1 amide bonds. The monoisotopic (exact) mass is 482 g/mol. The average Bonchev–Trinajstić information content (AvgIpc) is 3.35. The van der Waals surface area contributed by atoms with Gasteiger partial charge in [-0.25, -0.2) is 9.67 Å². The average molecular weight is 483 g/mol. The number of anilines is 1. The Morgan fingerprint density at radius 2 is 1.81 bits per heavy atom. The van der Waals surface area contributed by atoms with Crippen molar-refractivity contribution in [3.63, 3.8) is 0 Å². The van der Waals surface area contributed by atoms with Crippen LogP contribution < -0.4 is 10.1 Å². The van der Waals surface area contributed by atoms with Gasteiger partial charge >= 0.3 is 0 Å². The molecule has 36 heavy (non-hydrogen) atoms. The number of allylic oxidation sites excluding steroid dienone is 1. The van der Waals surface area contributed by atoms with Crippen molar-refractivity contribution in [1.29, 1.82) is 0 Å². The van der Waals surface area contributed by atoms with E-state index in [4.69, 9.17) is 4.74 Å². The number of rotatable bonds is 8. The number of hydrogen-bond donors (Lipinski definition) is 2. The molecule has 0 aliphatic carbocycles. The van der Waals surface area contributed by atoms with Gasteiger partial charge in [-0.3, -0.25) is 4.79 Å². The van der Waals surface area contributed by atoms with Crippen LogP contribution in [0.15, 0.2) is 84.9 Å². The molecule has 0 atom stereocenters. The third kappa shape index (κ3) is 5.99. The lowest BCUT2D eigenvalue weighted by molar-refractivity contribution is -0.112. The van der Waals surface area contributed by atoms with Crippen molar-refractivity contribution >= 4 is 11.6 Å². The topological polar surface area (TPSA) is 89.3 Å². The summed E-state index contributed by atoms with van der Waals surface area (Å²) in [5.74, 6) is 1.20. The SMILES string of the molecule is COc1ccc(C/C(O)=C/C(=O)Nc2ccc(-c3ncn(-c4ccc(C)cc4)n3)cc2)c(C(C)C)c1. The molecule has 184 valence electrons. The first kappa shape index (κ1) is 24.7. The molecule has 4 aromatic rings. The standard InChI is InChI=1S/C29H30N4O3/c1-19(2)27-17-26(36-4)14-9-22(27)15-25(34)16-28(35)31-23-10-7-21(8-11-23)29-30-18-33(32-29)24-12-5-20(3)6-13-24/h5-14,16-19,34H,15H2,1-4H3,(H,31,35)/b25-16-. The number of aliphatic hydroxyl groups excluding tert-OH is 1. The summed E-state index contributed by atoms with van der Waals surface area (Å²) in [6, 6.07) is 21.0. The first-order chi connectivity index (χ1) is 17.3. The number of aliphatic hydroxyl groups is 1. The predicted octanol–water partition coefficient (Wildman–Crippen LogP) is 6.00. The van der Waals surface area contributed by atoms with Crippen LogP contribution in [-0.4, -0.2) is 32.9 Å². The summed E-state index contributed by atoms with van der Waals surface area (Å²) >= 11 is 0. The van der Waals surface area contributed by atoms with E-state index >= 15 is 0 Å². The van der Waals surface area contributed by atoms with E-state index in [-0.39, 0.29) is 18.1 Å². The Morgan fingerprint density at radius 1 is 1.08 bits per heavy atom. The van der Waals surface area contributed by atoms with Gasteiger partial charge in [0, 0.05) is 23.7 Å². The first-order valence-corrected chi connectivity index (χ1v) is 11.8. The molecule has 0 saturated heterocycles. The number of amides is 1. The second kappa shape index (κ2) is 10.9. The molecular formula is C29H30N4O3. The van der Waals surface area contributed by atoms with Gasteiger partial charge in [-0.2, -0.15) is 0 Å². The highest BCUT2D eigenvalue weighted by Gasteiger charge is 2.11. The molecule has 7 nitrogen and oxygen atoms in total. The van der Waals surface area contributed by atoms with Crippen molar-refractivity contribution in [3.8, 4) is 22.8 Å². The number of aromatic nitrogens is 3. The summed E-state index contributed by atoms with van der Waals surface area (Å²) in [5.41, 5.74) is 5.58. The molecule has 0 radical (unpaired) electrons. The summed E-state index contributed by atoms with van der Waals surface area (Å²) < 4.78 is 7.04. The van der Waals surface area contributed by atoms with Gasteiger partial charge in [-0.1, -0.05) is 37.6 Å². The number of nitrogens with one attached hydrogen (secondary N) is 1. The highest BCUT2D eigenvalue weighted by Crippen LogP contribution is 2.26. The number of methoxy groups -OCH3 is 1. The largest absolute Gasteiger partial charge is 0.512 e. The number of ether oxygens (including phenoxy) is 1. The van der Waals surface area contributed by atoms with Gasteiger partial charge in [0.15, 0.2) is 5.82 Å². The van der Waals surface area contributed by atoms with E-state index in [1.165, 1.54) is 11.6 Å². The molecule has 0 fully saturated rings. The van der Waals surface area contributed by atoms with Gasteiger partial charge < -0.3 is 15.2 Å². The van der Waals surface area contributed by atoms with Crippen LogP contribution in [-0.2, 0) is 11.2 Å². The molecule has 0 aliphatic heterocycles. The van der Waals surface area contributed by atoms with Crippen molar-refractivity contribution in [3.05, 3.63) is 102 Å². The Labute approximate surface area is 211 Å². The van der Waals surface area contributed by atoms with E-state index in [0.717, 1.165) is 28.1 Å². The second-order valence-electron chi connectivity index (χ2n) is 8.95. The number of benzene rings is 3. The Balaban J connectivity index is 1.40.